The van der Waals surface area contributed by atoms with E-state index in [4.69, 9.17) is 4.74 Å². The molecule has 2 aromatic carbocycles. The summed E-state index contributed by atoms with van der Waals surface area (Å²) in [6, 6.07) is 14.1. The molecule has 1 aromatic heterocycles. The molecule has 6 nitrogen and oxygen atoms in total. The largest absolute Gasteiger partial charge is 0.497 e. The van der Waals surface area contributed by atoms with Gasteiger partial charge in [-0.05, 0) is 68.8 Å². The minimum absolute atomic E-state index is 0.263. The maximum atomic E-state index is 13.4. The number of ether oxygens (including phenoxy) is 1. The lowest BCUT2D eigenvalue weighted by Crippen LogP contribution is -2.23. The van der Waals surface area contributed by atoms with E-state index in [2.05, 4.69) is 39.3 Å². The zero-order valence-electron chi connectivity index (χ0n) is 17.2. The van der Waals surface area contributed by atoms with Crippen molar-refractivity contribution in [3.63, 3.8) is 0 Å². The number of hydrogen-bond acceptors (Lipinski definition) is 6. The normalized spacial score (nSPS) is 10.5. The van der Waals surface area contributed by atoms with Gasteiger partial charge in [0.1, 0.15) is 23.2 Å². The molecule has 0 saturated heterocycles. The molecule has 152 valence electrons. The van der Waals surface area contributed by atoms with Crippen LogP contribution in [0.4, 0.5) is 33.3 Å². The van der Waals surface area contributed by atoms with Crippen LogP contribution in [-0.4, -0.2) is 30.2 Å². The molecular weight excluding hydrogens is 369 g/mol. The van der Waals surface area contributed by atoms with E-state index >= 15 is 0 Å². The van der Waals surface area contributed by atoms with Crippen molar-refractivity contribution in [3.8, 4) is 5.75 Å². The van der Waals surface area contributed by atoms with E-state index in [0.717, 1.165) is 41.6 Å². The molecule has 0 fully saturated rings. The Morgan fingerprint density at radius 2 is 1.69 bits per heavy atom. The van der Waals surface area contributed by atoms with Crippen LogP contribution in [0, 0.1) is 12.7 Å². The van der Waals surface area contributed by atoms with Gasteiger partial charge in [-0.15, -0.1) is 0 Å². The van der Waals surface area contributed by atoms with Crippen LogP contribution in [0.3, 0.4) is 0 Å². The van der Waals surface area contributed by atoms with E-state index in [9.17, 15) is 4.39 Å². The standard InChI is InChI=1S/C22H26FN5O/c1-5-28(6-2)21-14-20(25-19-12-7-16(23)13-15(19)3)26-22(27-21)24-17-8-10-18(29-4)11-9-17/h7-14H,5-6H2,1-4H3,(H2,24,25,26,27). The monoisotopic (exact) mass is 395 g/mol. The highest BCUT2D eigenvalue weighted by atomic mass is 19.1. The molecule has 0 aliphatic heterocycles. The van der Waals surface area contributed by atoms with Gasteiger partial charge in [0.15, 0.2) is 0 Å². The van der Waals surface area contributed by atoms with Crippen LogP contribution in [0.25, 0.3) is 0 Å². The zero-order chi connectivity index (χ0) is 20.8. The van der Waals surface area contributed by atoms with E-state index in [1.54, 1.807) is 13.2 Å². The van der Waals surface area contributed by atoms with Crippen molar-refractivity contribution in [1.29, 1.82) is 0 Å². The van der Waals surface area contributed by atoms with Crippen LogP contribution >= 0.6 is 0 Å². The van der Waals surface area contributed by atoms with Gasteiger partial charge in [-0.25, -0.2) is 4.39 Å². The van der Waals surface area contributed by atoms with Crippen molar-refractivity contribution < 1.29 is 9.13 Å². The van der Waals surface area contributed by atoms with Crippen LogP contribution in [-0.2, 0) is 0 Å². The van der Waals surface area contributed by atoms with Crippen molar-refractivity contribution in [1.82, 2.24) is 9.97 Å². The summed E-state index contributed by atoms with van der Waals surface area (Å²) in [5.74, 6) is 2.43. The predicted octanol–water partition coefficient (Wildman–Crippen LogP) is 5.27. The van der Waals surface area contributed by atoms with Crippen molar-refractivity contribution in [2.45, 2.75) is 20.8 Å². The van der Waals surface area contributed by atoms with Gasteiger partial charge in [-0.1, -0.05) is 0 Å². The molecular formula is C22H26FN5O. The number of nitrogens with one attached hydrogen (secondary N) is 2. The Kier molecular flexibility index (Phi) is 6.49. The Balaban J connectivity index is 1.93. The summed E-state index contributed by atoms with van der Waals surface area (Å²) >= 11 is 0. The van der Waals surface area contributed by atoms with E-state index in [1.165, 1.54) is 12.1 Å². The Hall–Kier alpha value is -3.35. The lowest BCUT2D eigenvalue weighted by molar-refractivity contribution is 0.415. The summed E-state index contributed by atoms with van der Waals surface area (Å²) in [5, 5.41) is 6.53. The lowest BCUT2D eigenvalue weighted by Gasteiger charge is -2.21. The molecule has 0 spiro atoms. The van der Waals surface area contributed by atoms with Gasteiger partial charge in [0.25, 0.3) is 0 Å². The highest BCUT2D eigenvalue weighted by Gasteiger charge is 2.11. The summed E-state index contributed by atoms with van der Waals surface area (Å²) in [7, 11) is 1.63. The van der Waals surface area contributed by atoms with Crippen LogP contribution in [0.1, 0.15) is 19.4 Å². The first-order chi connectivity index (χ1) is 14.0. The molecule has 0 aliphatic carbocycles. The highest BCUT2D eigenvalue weighted by Crippen LogP contribution is 2.26. The second kappa shape index (κ2) is 9.23. The molecule has 0 atom stereocenters. The molecule has 3 rings (SSSR count). The number of aryl methyl sites for hydroxylation is 1. The second-order valence-corrected chi connectivity index (χ2v) is 6.55. The minimum Gasteiger partial charge on any atom is -0.497 e. The van der Waals surface area contributed by atoms with E-state index in [0.29, 0.717) is 11.8 Å². The molecule has 0 bridgehead atoms. The maximum absolute atomic E-state index is 13.4. The fourth-order valence-corrected chi connectivity index (χ4v) is 2.97. The molecule has 0 unspecified atom stereocenters. The third-order valence-corrected chi connectivity index (χ3v) is 4.60. The molecule has 0 amide bonds. The van der Waals surface area contributed by atoms with Crippen LogP contribution in [0.5, 0.6) is 5.75 Å². The molecule has 0 aliphatic rings. The third kappa shape index (κ3) is 5.13. The Bertz CT molecular complexity index is 958. The topological polar surface area (TPSA) is 62.3 Å². The summed E-state index contributed by atoms with van der Waals surface area (Å²) in [5.41, 5.74) is 2.45. The number of nitrogens with zero attached hydrogens (tertiary/aromatic N) is 3. The Morgan fingerprint density at radius 3 is 2.31 bits per heavy atom. The number of methoxy groups -OCH3 is 1. The second-order valence-electron chi connectivity index (χ2n) is 6.55. The van der Waals surface area contributed by atoms with Gasteiger partial charge in [-0.3, -0.25) is 0 Å². The maximum Gasteiger partial charge on any atom is 0.231 e. The number of benzene rings is 2. The van der Waals surface area contributed by atoms with Gasteiger partial charge in [0.05, 0.1) is 7.11 Å². The van der Waals surface area contributed by atoms with Gasteiger partial charge >= 0.3 is 0 Å². The third-order valence-electron chi connectivity index (χ3n) is 4.60. The average Bonchev–Trinajstić information content (AvgIpc) is 2.71. The minimum atomic E-state index is -0.263. The summed E-state index contributed by atoms with van der Waals surface area (Å²) < 4.78 is 18.6. The SMILES string of the molecule is CCN(CC)c1cc(Nc2ccc(F)cc2C)nc(Nc2ccc(OC)cc2)n1. The molecule has 3 aromatic rings. The van der Waals surface area contributed by atoms with E-state index in [-0.39, 0.29) is 5.82 Å². The number of halogens is 1. The fraction of sp³-hybridized carbons (Fsp3) is 0.273. The molecule has 0 radical (unpaired) electrons. The first-order valence-electron chi connectivity index (χ1n) is 9.60. The fourth-order valence-electron chi connectivity index (χ4n) is 2.97. The molecule has 2 N–H and O–H groups in total. The zero-order valence-corrected chi connectivity index (χ0v) is 17.2. The number of hydrogen-bond donors (Lipinski definition) is 2. The van der Waals surface area contributed by atoms with Crippen LogP contribution in [0.2, 0.25) is 0 Å². The summed E-state index contributed by atoms with van der Waals surface area (Å²) in [6.45, 7) is 7.67. The van der Waals surface area contributed by atoms with Gasteiger partial charge in [-0.2, -0.15) is 9.97 Å². The number of rotatable bonds is 8. The first-order valence-corrected chi connectivity index (χ1v) is 9.60. The quantitative estimate of drug-likeness (QED) is 0.542. The summed E-state index contributed by atoms with van der Waals surface area (Å²) in [4.78, 5) is 11.4. The van der Waals surface area contributed by atoms with Crippen molar-refractivity contribution >= 4 is 29.0 Å². The Morgan fingerprint density at radius 1 is 0.966 bits per heavy atom. The smallest absolute Gasteiger partial charge is 0.231 e. The van der Waals surface area contributed by atoms with Crippen LogP contribution in [0.15, 0.2) is 48.5 Å². The Labute approximate surface area is 170 Å². The predicted molar refractivity (Wildman–Crippen MR) is 116 cm³/mol. The molecule has 29 heavy (non-hydrogen) atoms. The van der Waals surface area contributed by atoms with E-state index in [1.807, 2.05) is 37.3 Å². The first kappa shape index (κ1) is 20.4. The number of aromatic nitrogens is 2. The van der Waals surface area contributed by atoms with Gasteiger partial charge < -0.3 is 20.3 Å². The molecule has 1 heterocycles. The van der Waals surface area contributed by atoms with Crippen LogP contribution < -0.4 is 20.3 Å². The highest BCUT2D eigenvalue weighted by molar-refractivity contribution is 5.66. The average molecular weight is 395 g/mol. The summed E-state index contributed by atoms with van der Waals surface area (Å²) in [6.07, 6.45) is 0. The van der Waals surface area contributed by atoms with Crippen molar-refractivity contribution in [2.24, 2.45) is 0 Å². The van der Waals surface area contributed by atoms with Crippen molar-refractivity contribution in [3.05, 3.63) is 59.9 Å². The lowest BCUT2D eigenvalue weighted by atomic mass is 10.2. The molecule has 0 saturated carbocycles. The molecule has 7 heteroatoms. The number of anilines is 5. The van der Waals surface area contributed by atoms with Gasteiger partial charge in [0.2, 0.25) is 5.95 Å². The van der Waals surface area contributed by atoms with Crippen molar-refractivity contribution in [2.75, 3.05) is 35.7 Å². The van der Waals surface area contributed by atoms with Gasteiger partial charge in [0, 0.05) is 30.5 Å². The van der Waals surface area contributed by atoms with E-state index < -0.39 is 0 Å².